The van der Waals surface area contributed by atoms with Gasteiger partial charge in [0.2, 0.25) is 5.78 Å². The number of aromatic amines is 1. The number of esters is 1. The van der Waals surface area contributed by atoms with Crippen LogP contribution in [0.15, 0.2) is 54.7 Å². The van der Waals surface area contributed by atoms with Gasteiger partial charge in [0, 0.05) is 35.4 Å². The second-order valence-corrected chi connectivity index (χ2v) is 5.04. The van der Waals surface area contributed by atoms with Gasteiger partial charge in [0.15, 0.2) is 6.61 Å². The Morgan fingerprint density at radius 2 is 1.78 bits per heavy atom. The maximum absolute atomic E-state index is 12.3. The second kappa shape index (κ2) is 6.36. The van der Waals surface area contributed by atoms with Crippen molar-refractivity contribution in [3.8, 4) is 0 Å². The molecule has 5 nitrogen and oxygen atoms in total. The van der Waals surface area contributed by atoms with Gasteiger partial charge in [-0.3, -0.25) is 4.79 Å². The van der Waals surface area contributed by atoms with Crippen molar-refractivity contribution in [2.45, 2.75) is 0 Å². The minimum atomic E-state index is -0.525. The van der Waals surface area contributed by atoms with Crippen molar-refractivity contribution >= 4 is 28.3 Å². The van der Waals surface area contributed by atoms with E-state index in [4.69, 9.17) is 4.74 Å². The highest BCUT2D eigenvalue weighted by atomic mass is 16.5. The van der Waals surface area contributed by atoms with Crippen LogP contribution in [0.1, 0.15) is 20.7 Å². The first-order valence-corrected chi connectivity index (χ1v) is 7.24. The number of fused-ring (bicyclic) bond motifs is 1. The van der Waals surface area contributed by atoms with Crippen LogP contribution in [0.2, 0.25) is 0 Å². The van der Waals surface area contributed by atoms with Crippen LogP contribution in [0.4, 0.5) is 5.69 Å². The molecule has 23 heavy (non-hydrogen) atoms. The van der Waals surface area contributed by atoms with Crippen molar-refractivity contribution in [2.75, 3.05) is 19.0 Å². The largest absolute Gasteiger partial charge is 0.454 e. The molecule has 0 aliphatic heterocycles. The summed E-state index contributed by atoms with van der Waals surface area (Å²) >= 11 is 0. The highest BCUT2D eigenvalue weighted by Crippen LogP contribution is 2.19. The molecule has 1 heterocycles. The molecule has 0 aliphatic rings. The molecule has 0 amide bonds. The van der Waals surface area contributed by atoms with Crippen LogP contribution < -0.4 is 5.32 Å². The SMILES string of the molecule is CNc1ccccc1C(=O)OCC(=O)c1c[nH]c2ccccc12. The maximum Gasteiger partial charge on any atom is 0.340 e. The number of hydrogen-bond acceptors (Lipinski definition) is 4. The molecule has 0 fully saturated rings. The number of Topliss-reactive ketones (excluding diaryl/α,β-unsaturated/α-hetero) is 1. The third kappa shape index (κ3) is 2.94. The molecule has 3 aromatic rings. The first-order chi connectivity index (χ1) is 11.2. The molecule has 5 heteroatoms. The molecule has 2 N–H and O–H groups in total. The second-order valence-electron chi connectivity index (χ2n) is 5.04. The van der Waals surface area contributed by atoms with Gasteiger partial charge in [-0.25, -0.2) is 4.79 Å². The highest BCUT2D eigenvalue weighted by Gasteiger charge is 2.16. The summed E-state index contributed by atoms with van der Waals surface area (Å²) in [6.45, 7) is -0.293. The molecule has 0 unspecified atom stereocenters. The van der Waals surface area contributed by atoms with E-state index < -0.39 is 5.97 Å². The molecule has 0 atom stereocenters. The predicted molar refractivity (Wildman–Crippen MR) is 88.9 cm³/mol. The smallest absolute Gasteiger partial charge is 0.340 e. The Bertz CT molecular complexity index is 867. The number of carbonyl (C=O) groups excluding carboxylic acids is 2. The lowest BCUT2D eigenvalue weighted by atomic mass is 10.1. The molecule has 0 saturated carbocycles. The molecule has 2 aromatic carbocycles. The van der Waals surface area contributed by atoms with E-state index in [2.05, 4.69) is 10.3 Å². The Balaban J connectivity index is 1.73. The van der Waals surface area contributed by atoms with Gasteiger partial charge in [-0.2, -0.15) is 0 Å². The zero-order valence-electron chi connectivity index (χ0n) is 12.6. The van der Waals surface area contributed by atoms with Crippen molar-refractivity contribution in [3.05, 3.63) is 65.9 Å². The minimum absolute atomic E-state index is 0.238. The van der Waals surface area contributed by atoms with Crippen molar-refractivity contribution < 1.29 is 14.3 Å². The molecule has 0 aliphatic carbocycles. The summed E-state index contributed by atoms with van der Waals surface area (Å²) in [5.41, 5.74) is 2.47. The normalized spacial score (nSPS) is 10.5. The molecule has 0 bridgehead atoms. The van der Waals surface area contributed by atoms with Crippen LogP contribution in [0.5, 0.6) is 0 Å². The van der Waals surface area contributed by atoms with Crippen LogP contribution in [0.3, 0.4) is 0 Å². The number of anilines is 1. The number of hydrogen-bond donors (Lipinski definition) is 2. The first-order valence-electron chi connectivity index (χ1n) is 7.24. The Kier molecular flexibility index (Phi) is 4.10. The van der Waals surface area contributed by atoms with Gasteiger partial charge in [-0.05, 0) is 18.2 Å². The third-order valence-corrected chi connectivity index (χ3v) is 3.64. The number of ketones is 1. The van der Waals surface area contributed by atoms with Crippen molar-refractivity contribution in [2.24, 2.45) is 0 Å². The fraction of sp³-hybridized carbons (Fsp3) is 0.111. The standard InChI is InChI=1S/C18H16N2O3/c1-19-15-8-4-3-7-13(15)18(22)23-11-17(21)14-10-20-16-9-5-2-6-12(14)16/h2-10,19-20H,11H2,1H3. The number of carbonyl (C=O) groups is 2. The van der Waals surface area contributed by atoms with Gasteiger partial charge < -0.3 is 15.0 Å². The predicted octanol–water partition coefficient (Wildman–Crippen LogP) is 3.25. The summed E-state index contributed by atoms with van der Waals surface area (Å²) in [6, 6.07) is 14.5. The van der Waals surface area contributed by atoms with Crippen LogP contribution in [0.25, 0.3) is 10.9 Å². The molecule has 0 radical (unpaired) electrons. The molecular formula is C18H16N2O3. The Morgan fingerprint density at radius 3 is 2.61 bits per heavy atom. The Morgan fingerprint density at radius 1 is 1.04 bits per heavy atom. The molecule has 0 saturated heterocycles. The van der Waals surface area contributed by atoms with E-state index in [1.807, 2.05) is 30.3 Å². The Labute approximate surface area is 133 Å². The maximum atomic E-state index is 12.3. The van der Waals surface area contributed by atoms with E-state index in [9.17, 15) is 9.59 Å². The van der Waals surface area contributed by atoms with E-state index in [1.54, 1.807) is 31.4 Å². The number of para-hydroxylation sites is 2. The average molecular weight is 308 g/mol. The van der Waals surface area contributed by atoms with E-state index in [-0.39, 0.29) is 12.4 Å². The molecule has 116 valence electrons. The van der Waals surface area contributed by atoms with Crippen LogP contribution in [-0.2, 0) is 4.74 Å². The number of rotatable bonds is 5. The fourth-order valence-corrected chi connectivity index (χ4v) is 2.47. The van der Waals surface area contributed by atoms with Crippen LogP contribution in [-0.4, -0.2) is 30.4 Å². The van der Waals surface area contributed by atoms with Crippen molar-refractivity contribution in [3.63, 3.8) is 0 Å². The molecule has 3 rings (SSSR count). The lowest BCUT2D eigenvalue weighted by Crippen LogP contribution is -2.15. The lowest BCUT2D eigenvalue weighted by molar-refractivity contribution is 0.0476. The summed E-state index contributed by atoms with van der Waals surface area (Å²) < 4.78 is 5.16. The average Bonchev–Trinajstić information content (AvgIpc) is 3.03. The van der Waals surface area contributed by atoms with Crippen LogP contribution in [0, 0.1) is 0 Å². The van der Waals surface area contributed by atoms with Gasteiger partial charge in [-0.1, -0.05) is 30.3 Å². The summed E-state index contributed by atoms with van der Waals surface area (Å²) in [6.07, 6.45) is 1.64. The van der Waals surface area contributed by atoms with Gasteiger partial charge in [0.05, 0.1) is 5.56 Å². The summed E-state index contributed by atoms with van der Waals surface area (Å²) in [7, 11) is 1.73. The first kappa shape index (κ1) is 14.8. The van der Waals surface area contributed by atoms with Crippen LogP contribution >= 0.6 is 0 Å². The number of ether oxygens (including phenoxy) is 1. The van der Waals surface area contributed by atoms with Gasteiger partial charge in [-0.15, -0.1) is 0 Å². The highest BCUT2D eigenvalue weighted by molar-refractivity contribution is 6.09. The topological polar surface area (TPSA) is 71.2 Å². The number of nitrogens with one attached hydrogen (secondary N) is 2. The molecule has 1 aromatic heterocycles. The number of benzene rings is 2. The van der Waals surface area contributed by atoms with E-state index in [1.165, 1.54) is 0 Å². The Hall–Kier alpha value is -3.08. The zero-order valence-corrected chi connectivity index (χ0v) is 12.6. The number of H-pyrrole nitrogens is 1. The van der Waals surface area contributed by atoms with E-state index >= 15 is 0 Å². The van der Waals surface area contributed by atoms with Gasteiger partial charge in [0.1, 0.15) is 0 Å². The van der Waals surface area contributed by atoms with Crippen molar-refractivity contribution in [1.29, 1.82) is 0 Å². The van der Waals surface area contributed by atoms with E-state index in [0.717, 1.165) is 10.9 Å². The lowest BCUT2D eigenvalue weighted by Gasteiger charge is -2.08. The minimum Gasteiger partial charge on any atom is -0.454 e. The number of aromatic nitrogens is 1. The summed E-state index contributed by atoms with van der Waals surface area (Å²) in [5, 5.41) is 3.75. The third-order valence-electron chi connectivity index (χ3n) is 3.64. The van der Waals surface area contributed by atoms with Gasteiger partial charge >= 0.3 is 5.97 Å². The van der Waals surface area contributed by atoms with E-state index in [0.29, 0.717) is 16.8 Å². The molecule has 0 spiro atoms. The van der Waals surface area contributed by atoms with Gasteiger partial charge in [0.25, 0.3) is 0 Å². The van der Waals surface area contributed by atoms with Crippen molar-refractivity contribution in [1.82, 2.24) is 4.98 Å². The fourth-order valence-electron chi connectivity index (χ4n) is 2.47. The quantitative estimate of drug-likeness (QED) is 0.560. The monoisotopic (exact) mass is 308 g/mol. The molecular weight excluding hydrogens is 292 g/mol. The summed E-state index contributed by atoms with van der Waals surface area (Å²) in [5.74, 6) is -0.763. The zero-order chi connectivity index (χ0) is 16.2. The summed E-state index contributed by atoms with van der Waals surface area (Å²) in [4.78, 5) is 27.5.